The molecule has 0 aliphatic carbocycles. The summed E-state index contributed by atoms with van der Waals surface area (Å²) in [6, 6.07) is 15.2. The Labute approximate surface area is 156 Å². The highest BCUT2D eigenvalue weighted by Gasteiger charge is 2.17. The molecule has 0 heterocycles. The van der Waals surface area contributed by atoms with Crippen LogP contribution in [0.3, 0.4) is 0 Å². The molecule has 0 saturated heterocycles. The summed E-state index contributed by atoms with van der Waals surface area (Å²) >= 11 is 0. The first kappa shape index (κ1) is 19.8. The van der Waals surface area contributed by atoms with Crippen molar-refractivity contribution in [2.75, 3.05) is 20.8 Å². The van der Waals surface area contributed by atoms with E-state index in [4.69, 9.17) is 14.2 Å². The number of rotatable bonds is 11. The first-order chi connectivity index (χ1) is 12.6. The zero-order chi connectivity index (χ0) is 18.8. The van der Waals surface area contributed by atoms with Crippen LogP contribution >= 0.6 is 0 Å². The van der Waals surface area contributed by atoms with Crippen molar-refractivity contribution in [3.63, 3.8) is 0 Å². The molecule has 4 nitrogen and oxygen atoms in total. The molecule has 2 rings (SSSR count). The summed E-state index contributed by atoms with van der Waals surface area (Å²) in [5, 5.41) is 0. The van der Waals surface area contributed by atoms with Gasteiger partial charge in [-0.3, -0.25) is 4.79 Å². The molecule has 0 saturated carbocycles. The minimum Gasteiger partial charge on any atom is -0.497 e. The third-order valence-corrected chi connectivity index (χ3v) is 4.38. The van der Waals surface area contributed by atoms with Crippen LogP contribution in [0.1, 0.15) is 43.0 Å². The van der Waals surface area contributed by atoms with Gasteiger partial charge in [0.05, 0.1) is 20.8 Å². The molecule has 0 amide bonds. The van der Waals surface area contributed by atoms with Crippen LogP contribution in [0, 0.1) is 5.92 Å². The van der Waals surface area contributed by atoms with Gasteiger partial charge in [-0.15, -0.1) is 0 Å². The minimum atomic E-state index is -0.0261. The van der Waals surface area contributed by atoms with E-state index in [9.17, 15) is 4.79 Å². The molecule has 0 aliphatic rings. The number of hydrogen-bond acceptors (Lipinski definition) is 4. The Morgan fingerprint density at radius 3 is 2.15 bits per heavy atom. The summed E-state index contributed by atoms with van der Waals surface area (Å²) in [7, 11) is 3.17. The molecular formula is C22H28O4. The third-order valence-electron chi connectivity index (χ3n) is 4.38. The Kier molecular flexibility index (Phi) is 8.00. The second-order valence-corrected chi connectivity index (χ2v) is 6.38. The number of carbonyl (C=O) groups is 1. The average Bonchev–Trinajstić information content (AvgIpc) is 2.70. The standard InChI is InChI=1S/C22H28O4/c1-17(10-6-5-9-13-26-19-11-7-4-8-12-19)22(23)18-14-20(24-2)16-21(15-18)25-3/h4,7-8,11-12,14-17H,5-6,9-10,13H2,1-3H3. The Balaban J connectivity index is 1.73. The van der Waals surface area contributed by atoms with Crippen LogP contribution in [0.15, 0.2) is 48.5 Å². The van der Waals surface area contributed by atoms with Crippen LogP contribution in [-0.4, -0.2) is 26.6 Å². The molecule has 2 aromatic carbocycles. The van der Waals surface area contributed by atoms with Crippen molar-refractivity contribution in [3.05, 3.63) is 54.1 Å². The molecule has 0 fully saturated rings. The number of carbonyl (C=O) groups excluding carboxylic acids is 1. The molecule has 0 spiro atoms. The summed E-state index contributed by atoms with van der Waals surface area (Å²) in [5.74, 6) is 2.28. The van der Waals surface area contributed by atoms with Crippen LogP contribution in [-0.2, 0) is 0 Å². The van der Waals surface area contributed by atoms with Crippen molar-refractivity contribution < 1.29 is 19.0 Å². The van der Waals surface area contributed by atoms with Crippen molar-refractivity contribution in [3.8, 4) is 17.2 Å². The maximum atomic E-state index is 12.7. The molecule has 2 aromatic rings. The van der Waals surface area contributed by atoms with Gasteiger partial charge in [0.2, 0.25) is 0 Å². The molecule has 0 bridgehead atoms. The van der Waals surface area contributed by atoms with Gasteiger partial charge in [0, 0.05) is 17.5 Å². The zero-order valence-corrected chi connectivity index (χ0v) is 15.9. The molecule has 0 aromatic heterocycles. The molecule has 140 valence electrons. The summed E-state index contributed by atoms with van der Waals surface area (Å²) in [6.07, 6.45) is 3.91. The van der Waals surface area contributed by atoms with Crippen LogP contribution in [0.25, 0.3) is 0 Å². The van der Waals surface area contributed by atoms with Gasteiger partial charge in [-0.05, 0) is 37.1 Å². The smallest absolute Gasteiger partial charge is 0.165 e. The SMILES string of the molecule is COc1cc(OC)cc(C(=O)C(C)CCCCCOc2ccccc2)c1. The third kappa shape index (κ3) is 6.10. The minimum absolute atomic E-state index is 0.0261. The first-order valence-electron chi connectivity index (χ1n) is 9.09. The maximum absolute atomic E-state index is 12.7. The van der Waals surface area contributed by atoms with Gasteiger partial charge in [0.25, 0.3) is 0 Å². The van der Waals surface area contributed by atoms with Gasteiger partial charge in [0.1, 0.15) is 17.2 Å². The fourth-order valence-corrected chi connectivity index (χ4v) is 2.80. The molecular weight excluding hydrogens is 328 g/mol. The van der Waals surface area contributed by atoms with Crippen LogP contribution in [0.5, 0.6) is 17.2 Å². The van der Waals surface area contributed by atoms with E-state index < -0.39 is 0 Å². The monoisotopic (exact) mass is 356 g/mol. The number of hydrogen-bond donors (Lipinski definition) is 0. The van der Waals surface area contributed by atoms with E-state index >= 15 is 0 Å². The molecule has 4 heteroatoms. The van der Waals surface area contributed by atoms with Crippen molar-refractivity contribution in [2.24, 2.45) is 5.92 Å². The highest BCUT2D eigenvalue weighted by molar-refractivity contribution is 5.98. The topological polar surface area (TPSA) is 44.8 Å². The molecule has 0 radical (unpaired) electrons. The van der Waals surface area contributed by atoms with E-state index in [2.05, 4.69) is 0 Å². The number of ketones is 1. The predicted molar refractivity (Wildman–Crippen MR) is 103 cm³/mol. The molecule has 0 aliphatic heterocycles. The number of benzene rings is 2. The van der Waals surface area contributed by atoms with Gasteiger partial charge in [-0.2, -0.15) is 0 Å². The summed E-state index contributed by atoms with van der Waals surface area (Å²) in [4.78, 5) is 12.7. The van der Waals surface area contributed by atoms with Crippen molar-refractivity contribution in [1.29, 1.82) is 0 Å². The summed E-state index contributed by atoms with van der Waals surface area (Å²) in [5.41, 5.74) is 0.640. The quantitative estimate of drug-likeness (QED) is 0.412. The number of para-hydroxylation sites is 1. The lowest BCUT2D eigenvalue weighted by Gasteiger charge is -2.13. The normalized spacial score (nSPS) is 11.7. The predicted octanol–water partition coefficient (Wildman–Crippen LogP) is 5.16. The van der Waals surface area contributed by atoms with Crippen molar-refractivity contribution in [1.82, 2.24) is 0 Å². The maximum Gasteiger partial charge on any atom is 0.165 e. The lowest BCUT2D eigenvalue weighted by molar-refractivity contribution is 0.0921. The van der Waals surface area contributed by atoms with E-state index in [1.807, 2.05) is 37.3 Å². The molecule has 0 N–H and O–H groups in total. The molecule has 26 heavy (non-hydrogen) atoms. The fourth-order valence-electron chi connectivity index (χ4n) is 2.80. The lowest BCUT2D eigenvalue weighted by atomic mass is 9.94. The summed E-state index contributed by atoms with van der Waals surface area (Å²) in [6.45, 7) is 2.69. The summed E-state index contributed by atoms with van der Waals surface area (Å²) < 4.78 is 16.2. The number of methoxy groups -OCH3 is 2. The average molecular weight is 356 g/mol. The van der Waals surface area contributed by atoms with E-state index in [1.165, 1.54) is 0 Å². The van der Waals surface area contributed by atoms with E-state index in [-0.39, 0.29) is 11.7 Å². The van der Waals surface area contributed by atoms with E-state index in [0.29, 0.717) is 23.7 Å². The molecule has 1 unspecified atom stereocenters. The zero-order valence-electron chi connectivity index (χ0n) is 15.9. The Hall–Kier alpha value is -2.49. The van der Waals surface area contributed by atoms with Crippen LogP contribution in [0.2, 0.25) is 0 Å². The Bertz CT molecular complexity index is 660. The second-order valence-electron chi connectivity index (χ2n) is 6.38. The van der Waals surface area contributed by atoms with Gasteiger partial charge in [-0.25, -0.2) is 0 Å². The van der Waals surface area contributed by atoms with Gasteiger partial charge >= 0.3 is 0 Å². The van der Waals surface area contributed by atoms with Gasteiger partial charge in [0.15, 0.2) is 5.78 Å². The lowest BCUT2D eigenvalue weighted by Crippen LogP contribution is -2.12. The largest absolute Gasteiger partial charge is 0.497 e. The van der Waals surface area contributed by atoms with Gasteiger partial charge < -0.3 is 14.2 Å². The van der Waals surface area contributed by atoms with Crippen molar-refractivity contribution >= 4 is 5.78 Å². The van der Waals surface area contributed by atoms with Gasteiger partial charge in [-0.1, -0.05) is 38.0 Å². The Morgan fingerprint density at radius 2 is 1.54 bits per heavy atom. The Morgan fingerprint density at radius 1 is 0.885 bits per heavy atom. The first-order valence-corrected chi connectivity index (χ1v) is 9.09. The number of ether oxygens (including phenoxy) is 3. The number of Topliss-reactive ketones (excluding diaryl/α,β-unsaturated/α-hetero) is 1. The second kappa shape index (κ2) is 10.5. The molecule has 1 atom stereocenters. The van der Waals surface area contributed by atoms with Crippen LogP contribution < -0.4 is 14.2 Å². The fraction of sp³-hybridized carbons (Fsp3) is 0.409. The van der Waals surface area contributed by atoms with Crippen LogP contribution in [0.4, 0.5) is 0 Å². The highest BCUT2D eigenvalue weighted by Crippen LogP contribution is 2.25. The van der Waals surface area contributed by atoms with E-state index in [0.717, 1.165) is 31.4 Å². The highest BCUT2D eigenvalue weighted by atomic mass is 16.5. The van der Waals surface area contributed by atoms with Crippen molar-refractivity contribution in [2.45, 2.75) is 32.6 Å². The number of unbranched alkanes of at least 4 members (excludes halogenated alkanes) is 2. The van der Waals surface area contributed by atoms with E-state index in [1.54, 1.807) is 32.4 Å².